The van der Waals surface area contributed by atoms with Gasteiger partial charge >= 0.3 is 0 Å². The second-order valence-electron chi connectivity index (χ2n) is 14.1. The molecule has 11 rings (SSSR count). The fourth-order valence-corrected chi connectivity index (χ4v) is 9.45. The van der Waals surface area contributed by atoms with Crippen molar-refractivity contribution in [1.29, 1.82) is 0 Å². The molecule has 55 heavy (non-hydrogen) atoms. The van der Waals surface area contributed by atoms with Gasteiger partial charge in [0, 0.05) is 59.0 Å². The summed E-state index contributed by atoms with van der Waals surface area (Å²) in [7, 11) is 0. The lowest BCUT2D eigenvalue weighted by molar-refractivity contribution is 0.670. The number of nitrogens with zero attached hydrogens (tertiary/aromatic N) is 1. The first-order valence-electron chi connectivity index (χ1n) is 18.7. The number of benzene rings is 9. The first kappa shape index (κ1) is 31.6. The Balaban J connectivity index is 1.09. The zero-order chi connectivity index (χ0) is 36.3. The maximum absolute atomic E-state index is 6.43. The van der Waals surface area contributed by atoms with Gasteiger partial charge in [0.05, 0.1) is 0 Å². The summed E-state index contributed by atoms with van der Waals surface area (Å²) in [5.41, 5.74) is 12.2. The summed E-state index contributed by atoms with van der Waals surface area (Å²) in [6.45, 7) is 0. The highest BCUT2D eigenvalue weighted by molar-refractivity contribution is 7.26. The van der Waals surface area contributed by atoms with E-state index in [0.717, 1.165) is 50.1 Å². The molecule has 2 heterocycles. The van der Waals surface area contributed by atoms with Gasteiger partial charge in [-0.25, -0.2) is 0 Å². The fourth-order valence-electron chi connectivity index (χ4n) is 8.25. The van der Waals surface area contributed by atoms with Crippen LogP contribution in [0.4, 0.5) is 17.1 Å². The molecule has 2 nitrogen and oxygen atoms in total. The van der Waals surface area contributed by atoms with E-state index in [1.54, 1.807) is 0 Å². The second kappa shape index (κ2) is 12.9. The molecule has 0 aliphatic carbocycles. The molecule has 0 atom stereocenters. The molecule has 0 spiro atoms. The van der Waals surface area contributed by atoms with Gasteiger partial charge in [-0.15, -0.1) is 11.3 Å². The summed E-state index contributed by atoms with van der Waals surface area (Å²) in [6.07, 6.45) is 0. The Hall–Kier alpha value is -6.94. The van der Waals surface area contributed by atoms with Gasteiger partial charge in [0.15, 0.2) is 0 Å². The third kappa shape index (κ3) is 5.32. The van der Waals surface area contributed by atoms with Crippen molar-refractivity contribution in [3.63, 3.8) is 0 Å². The fraction of sp³-hybridized carbons (Fsp3) is 0. The molecule has 0 radical (unpaired) electrons. The summed E-state index contributed by atoms with van der Waals surface area (Å²) < 4.78 is 9.03. The summed E-state index contributed by atoms with van der Waals surface area (Å²) in [5.74, 6) is 0. The minimum absolute atomic E-state index is 0.909. The number of hydrogen-bond acceptors (Lipinski definition) is 3. The highest BCUT2D eigenvalue weighted by Gasteiger charge is 2.19. The highest BCUT2D eigenvalue weighted by atomic mass is 32.1. The van der Waals surface area contributed by atoms with E-state index >= 15 is 0 Å². The van der Waals surface area contributed by atoms with Crippen LogP contribution >= 0.6 is 11.3 Å². The zero-order valence-corrected chi connectivity index (χ0v) is 30.6. The normalized spacial score (nSPS) is 11.6. The number of fused-ring (bicyclic) bond motifs is 8. The summed E-state index contributed by atoms with van der Waals surface area (Å²) in [4.78, 5) is 2.39. The highest BCUT2D eigenvalue weighted by Crippen LogP contribution is 2.46. The van der Waals surface area contributed by atoms with Gasteiger partial charge in [-0.1, -0.05) is 146 Å². The van der Waals surface area contributed by atoms with E-state index in [1.807, 2.05) is 23.5 Å². The van der Waals surface area contributed by atoms with Crippen molar-refractivity contribution in [2.45, 2.75) is 0 Å². The van der Waals surface area contributed by atoms with Gasteiger partial charge in [0.25, 0.3) is 0 Å². The van der Waals surface area contributed by atoms with Gasteiger partial charge in [-0.05, 0) is 87.8 Å². The monoisotopic (exact) mass is 719 g/mol. The van der Waals surface area contributed by atoms with Gasteiger partial charge in [-0.3, -0.25) is 0 Å². The number of furan rings is 1. The van der Waals surface area contributed by atoms with E-state index in [0.29, 0.717) is 0 Å². The lowest BCUT2D eigenvalue weighted by Gasteiger charge is -2.26. The molecule has 0 fully saturated rings. The van der Waals surface area contributed by atoms with Crippen molar-refractivity contribution >= 4 is 81.3 Å². The maximum Gasteiger partial charge on any atom is 0.143 e. The standard InChI is InChI=1S/C52H33NOS/c1-3-13-34(14-4-1)37-17-11-18-39(31-37)53(38-27-25-36(26-28-38)41-22-12-23-44-43-20-9-10-24-49(43)54-51(41)44)40-29-30-50-47(32-40)48-33-46(35-15-5-2-6-16-35)42-19-7-8-21-45(42)52(48)55-50/h1-33H. The van der Waals surface area contributed by atoms with Crippen LogP contribution in [-0.4, -0.2) is 0 Å². The van der Waals surface area contributed by atoms with Crippen LogP contribution in [0.1, 0.15) is 0 Å². The molecule has 0 unspecified atom stereocenters. The number of anilines is 3. The summed E-state index contributed by atoms with van der Waals surface area (Å²) in [6, 6.07) is 72.1. The van der Waals surface area contributed by atoms with E-state index < -0.39 is 0 Å². The molecule has 258 valence electrons. The molecule has 2 aromatic heterocycles. The summed E-state index contributed by atoms with van der Waals surface area (Å²) in [5, 5.41) is 7.40. The Kier molecular flexibility index (Phi) is 7.39. The van der Waals surface area contributed by atoms with Crippen LogP contribution in [0.5, 0.6) is 0 Å². The van der Waals surface area contributed by atoms with Gasteiger partial charge in [0.1, 0.15) is 11.2 Å². The van der Waals surface area contributed by atoms with E-state index in [4.69, 9.17) is 4.42 Å². The van der Waals surface area contributed by atoms with E-state index in [1.165, 1.54) is 53.2 Å². The van der Waals surface area contributed by atoms with Crippen molar-refractivity contribution in [3.05, 3.63) is 200 Å². The topological polar surface area (TPSA) is 16.4 Å². The van der Waals surface area contributed by atoms with Crippen molar-refractivity contribution in [2.75, 3.05) is 4.90 Å². The zero-order valence-electron chi connectivity index (χ0n) is 29.8. The molecule has 0 bridgehead atoms. The lowest BCUT2D eigenvalue weighted by atomic mass is 9.95. The van der Waals surface area contributed by atoms with Crippen molar-refractivity contribution in [2.24, 2.45) is 0 Å². The number of rotatable bonds is 6. The van der Waals surface area contributed by atoms with Crippen LogP contribution in [0, 0.1) is 0 Å². The molecule has 0 aliphatic rings. The average Bonchev–Trinajstić information content (AvgIpc) is 3.83. The van der Waals surface area contributed by atoms with Crippen molar-refractivity contribution in [3.8, 4) is 33.4 Å². The smallest absolute Gasteiger partial charge is 0.143 e. The molecule has 3 heteroatoms. The molecule has 0 aliphatic heterocycles. The van der Waals surface area contributed by atoms with E-state index in [-0.39, 0.29) is 0 Å². The number of para-hydroxylation sites is 2. The maximum atomic E-state index is 6.43. The molecular formula is C52H33NOS. The predicted molar refractivity (Wildman–Crippen MR) is 235 cm³/mol. The first-order chi connectivity index (χ1) is 27.3. The minimum Gasteiger partial charge on any atom is -0.455 e. The van der Waals surface area contributed by atoms with Gasteiger partial charge in [0.2, 0.25) is 0 Å². The minimum atomic E-state index is 0.909. The van der Waals surface area contributed by atoms with Crippen molar-refractivity contribution < 1.29 is 4.42 Å². The van der Waals surface area contributed by atoms with Crippen LogP contribution in [0.3, 0.4) is 0 Å². The Labute approximate surface area is 322 Å². The van der Waals surface area contributed by atoms with Crippen LogP contribution in [0.15, 0.2) is 205 Å². The Morgan fingerprint density at radius 1 is 0.345 bits per heavy atom. The number of hydrogen-bond donors (Lipinski definition) is 0. The third-order valence-electron chi connectivity index (χ3n) is 10.9. The second-order valence-corrected chi connectivity index (χ2v) is 15.1. The SMILES string of the molecule is c1ccc(-c2cccc(N(c3ccc(-c4cccc5c4oc4ccccc45)cc3)c3ccc4sc5c6ccccc6c(-c6ccccc6)cc5c4c3)c2)cc1. The van der Waals surface area contributed by atoms with Crippen molar-refractivity contribution in [1.82, 2.24) is 0 Å². The molecule has 0 amide bonds. The molecule has 0 saturated heterocycles. The van der Waals surface area contributed by atoms with E-state index in [2.05, 4.69) is 193 Å². The number of thiophene rings is 1. The predicted octanol–water partition coefficient (Wildman–Crippen LogP) is 15.6. The van der Waals surface area contributed by atoms with Gasteiger partial charge in [-0.2, -0.15) is 0 Å². The molecule has 9 aromatic carbocycles. The lowest BCUT2D eigenvalue weighted by Crippen LogP contribution is -2.10. The van der Waals surface area contributed by atoms with Crippen LogP contribution in [0.25, 0.3) is 86.3 Å². The van der Waals surface area contributed by atoms with Gasteiger partial charge < -0.3 is 9.32 Å². The average molecular weight is 720 g/mol. The van der Waals surface area contributed by atoms with E-state index in [9.17, 15) is 0 Å². The van der Waals surface area contributed by atoms with Crippen LogP contribution in [-0.2, 0) is 0 Å². The molecular weight excluding hydrogens is 687 g/mol. The van der Waals surface area contributed by atoms with Crippen LogP contribution in [0.2, 0.25) is 0 Å². The molecule has 11 aromatic rings. The Morgan fingerprint density at radius 2 is 0.964 bits per heavy atom. The Morgan fingerprint density at radius 3 is 1.78 bits per heavy atom. The third-order valence-corrected chi connectivity index (χ3v) is 12.1. The Bertz CT molecular complexity index is 3190. The molecule has 0 N–H and O–H groups in total. The largest absolute Gasteiger partial charge is 0.455 e. The molecule has 0 saturated carbocycles. The quantitative estimate of drug-likeness (QED) is 0.170. The van der Waals surface area contributed by atoms with Crippen LogP contribution < -0.4 is 4.90 Å². The first-order valence-corrected chi connectivity index (χ1v) is 19.5. The summed E-state index contributed by atoms with van der Waals surface area (Å²) >= 11 is 1.88.